The molecule has 1 saturated heterocycles. The Labute approximate surface area is 129 Å². The minimum absolute atomic E-state index is 0.132. The van der Waals surface area contributed by atoms with Crippen LogP contribution in [-0.4, -0.2) is 33.1 Å². The van der Waals surface area contributed by atoms with Gasteiger partial charge in [0.25, 0.3) is 0 Å². The average Bonchev–Trinajstić information content (AvgIpc) is 2.82. The Hall–Kier alpha value is -1.07. The maximum atomic E-state index is 12.0. The molecule has 1 heterocycles. The van der Waals surface area contributed by atoms with Gasteiger partial charge in [-0.15, -0.1) is 0 Å². The van der Waals surface area contributed by atoms with Gasteiger partial charge in [0.05, 0.1) is 5.41 Å². The molecule has 1 aromatic carbocycles. The van der Waals surface area contributed by atoms with Gasteiger partial charge in [-0.25, -0.2) is 0 Å². The zero-order valence-electron chi connectivity index (χ0n) is 12.3. The maximum absolute atomic E-state index is 12.0. The fourth-order valence-electron chi connectivity index (χ4n) is 2.85. The van der Waals surface area contributed by atoms with Crippen LogP contribution in [0.1, 0.15) is 18.9 Å². The van der Waals surface area contributed by atoms with Crippen molar-refractivity contribution in [3.63, 3.8) is 0 Å². The van der Waals surface area contributed by atoms with Crippen molar-refractivity contribution in [2.75, 3.05) is 32.1 Å². The topological polar surface area (TPSA) is 44.4 Å². The molecule has 0 spiro atoms. The molecule has 1 amide bonds. The number of hydrogen-bond donors (Lipinski definition) is 2. The normalized spacial score (nSPS) is 22.1. The van der Waals surface area contributed by atoms with Crippen molar-refractivity contribution < 1.29 is 4.79 Å². The van der Waals surface area contributed by atoms with Crippen LogP contribution in [0.4, 0.5) is 5.69 Å². The molecular formula is C15H22BrN3O. The van der Waals surface area contributed by atoms with Crippen LogP contribution in [0.25, 0.3) is 0 Å². The summed E-state index contributed by atoms with van der Waals surface area (Å²) in [6.07, 6.45) is 0.891. The van der Waals surface area contributed by atoms with Crippen LogP contribution in [0.2, 0.25) is 0 Å². The molecule has 2 rings (SSSR count). The van der Waals surface area contributed by atoms with Crippen molar-refractivity contribution in [1.29, 1.82) is 0 Å². The van der Waals surface area contributed by atoms with Crippen LogP contribution >= 0.6 is 15.9 Å². The van der Waals surface area contributed by atoms with Crippen LogP contribution in [0, 0.1) is 5.41 Å². The fourth-order valence-corrected chi connectivity index (χ4v) is 3.26. The first-order valence-corrected chi connectivity index (χ1v) is 7.69. The van der Waals surface area contributed by atoms with E-state index in [9.17, 15) is 4.79 Å². The number of benzene rings is 1. The molecule has 0 saturated carbocycles. The number of carbonyl (C=O) groups is 1. The predicted octanol–water partition coefficient (Wildman–Crippen LogP) is 2.13. The third-order valence-electron chi connectivity index (χ3n) is 4.00. The lowest BCUT2D eigenvalue weighted by atomic mass is 9.89. The molecule has 1 unspecified atom stereocenters. The molecule has 1 aromatic rings. The lowest BCUT2D eigenvalue weighted by Gasteiger charge is -2.25. The van der Waals surface area contributed by atoms with Crippen molar-refractivity contribution in [2.24, 2.45) is 5.41 Å². The smallest absolute Gasteiger partial charge is 0.227 e. The largest absolute Gasteiger partial charge is 0.370 e. The van der Waals surface area contributed by atoms with E-state index in [2.05, 4.69) is 49.7 Å². The zero-order chi connectivity index (χ0) is 14.8. The molecule has 1 aliphatic heterocycles. The molecule has 0 bridgehead atoms. The number of nitrogens with zero attached hydrogens (tertiary/aromatic N) is 1. The monoisotopic (exact) mass is 339 g/mol. The van der Waals surface area contributed by atoms with Gasteiger partial charge in [0, 0.05) is 36.8 Å². The fraction of sp³-hybridized carbons (Fsp3) is 0.533. The van der Waals surface area contributed by atoms with Crippen LogP contribution in [0.3, 0.4) is 0 Å². The van der Waals surface area contributed by atoms with Crippen molar-refractivity contribution >= 4 is 27.5 Å². The summed E-state index contributed by atoms with van der Waals surface area (Å²) in [5.74, 6) is 0.132. The average molecular weight is 340 g/mol. The second-order valence-corrected chi connectivity index (χ2v) is 6.53. The molecular weight excluding hydrogens is 318 g/mol. The number of amides is 1. The molecule has 5 heteroatoms. The predicted molar refractivity (Wildman–Crippen MR) is 85.9 cm³/mol. The van der Waals surface area contributed by atoms with Crippen molar-refractivity contribution in [1.82, 2.24) is 10.6 Å². The third kappa shape index (κ3) is 2.99. The standard InChI is InChI=1S/C15H22BrN3O/c1-15(14(20)18-3)6-7-19(10-15)13-5-4-12(16)8-11(13)9-17-2/h4-5,8,17H,6-7,9-10H2,1-3H3,(H,18,20). The SMILES string of the molecule is CNCc1cc(Br)ccc1N1CCC(C)(C(=O)NC)C1. The maximum Gasteiger partial charge on any atom is 0.227 e. The minimum atomic E-state index is -0.293. The third-order valence-corrected chi connectivity index (χ3v) is 4.49. The van der Waals surface area contributed by atoms with E-state index in [1.807, 2.05) is 14.0 Å². The Bertz CT molecular complexity index is 506. The van der Waals surface area contributed by atoms with Gasteiger partial charge in [-0.05, 0) is 44.2 Å². The summed E-state index contributed by atoms with van der Waals surface area (Å²) in [7, 11) is 3.66. The lowest BCUT2D eigenvalue weighted by molar-refractivity contribution is -0.128. The van der Waals surface area contributed by atoms with Crippen LogP contribution in [0.15, 0.2) is 22.7 Å². The summed E-state index contributed by atoms with van der Waals surface area (Å²) in [4.78, 5) is 14.3. The second-order valence-electron chi connectivity index (χ2n) is 5.61. The van der Waals surface area contributed by atoms with E-state index < -0.39 is 0 Å². The Balaban J connectivity index is 2.24. The first-order valence-electron chi connectivity index (χ1n) is 6.90. The van der Waals surface area contributed by atoms with E-state index in [0.717, 1.165) is 30.5 Å². The Morgan fingerprint density at radius 2 is 2.20 bits per heavy atom. The number of halogens is 1. The molecule has 2 N–H and O–H groups in total. The summed E-state index contributed by atoms with van der Waals surface area (Å²) < 4.78 is 1.08. The molecule has 0 aliphatic carbocycles. The van der Waals surface area contributed by atoms with Gasteiger partial charge in [0.15, 0.2) is 0 Å². The highest BCUT2D eigenvalue weighted by Gasteiger charge is 2.40. The molecule has 4 nitrogen and oxygen atoms in total. The van der Waals surface area contributed by atoms with E-state index in [1.165, 1.54) is 11.3 Å². The number of hydrogen-bond acceptors (Lipinski definition) is 3. The van der Waals surface area contributed by atoms with E-state index in [0.29, 0.717) is 0 Å². The minimum Gasteiger partial charge on any atom is -0.370 e. The van der Waals surface area contributed by atoms with E-state index in [1.54, 1.807) is 7.05 Å². The summed E-state index contributed by atoms with van der Waals surface area (Å²) in [6, 6.07) is 6.33. The molecule has 0 aromatic heterocycles. The second kappa shape index (κ2) is 6.14. The first kappa shape index (κ1) is 15.3. The Morgan fingerprint density at radius 1 is 1.45 bits per heavy atom. The van der Waals surface area contributed by atoms with E-state index in [-0.39, 0.29) is 11.3 Å². The summed E-state index contributed by atoms with van der Waals surface area (Å²) in [5.41, 5.74) is 2.18. The Morgan fingerprint density at radius 3 is 2.85 bits per heavy atom. The summed E-state index contributed by atoms with van der Waals surface area (Å²) in [5, 5.41) is 5.99. The van der Waals surface area contributed by atoms with Gasteiger partial charge in [-0.2, -0.15) is 0 Å². The molecule has 1 aliphatic rings. The highest BCUT2D eigenvalue weighted by molar-refractivity contribution is 9.10. The molecule has 20 heavy (non-hydrogen) atoms. The molecule has 1 fully saturated rings. The van der Waals surface area contributed by atoms with Gasteiger partial charge in [0.1, 0.15) is 0 Å². The summed E-state index contributed by atoms with van der Waals surface area (Å²) >= 11 is 3.52. The zero-order valence-corrected chi connectivity index (χ0v) is 13.9. The van der Waals surface area contributed by atoms with Crippen molar-refractivity contribution in [3.8, 4) is 0 Å². The molecule has 110 valence electrons. The van der Waals surface area contributed by atoms with Crippen LogP contribution < -0.4 is 15.5 Å². The van der Waals surface area contributed by atoms with Crippen LogP contribution in [0.5, 0.6) is 0 Å². The van der Waals surface area contributed by atoms with Gasteiger partial charge in [-0.1, -0.05) is 15.9 Å². The van der Waals surface area contributed by atoms with Crippen molar-refractivity contribution in [2.45, 2.75) is 19.9 Å². The van der Waals surface area contributed by atoms with E-state index >= 15 is 0 Å². The number of anilines is 1. The Kier molecular flexibility index (Phi) is 4.70. The number of nitrogens with one attached hydrogen (secondary N) is 2. The van der Waals surface area contributed by atoms with Gasteiger partial charge in [0.2, 0.25) is 5.91 Å². The first-order chi connectivity index (χ1) is 9.50. The van der Waals surface area contributed by atoms with Gasteiger partial charge < -0.3 is 15.5 Å². The number of carbonyl (C=O) groups excluding carboxylic acids is 1. The number of rotatable bonds is 4. The van der Waals surface area contributed by atoms with Crippen LogP contribution in [-0.2, 0) is 11.3 Å². The molecule has 0 radical (unpaired) electrons. The molecule has 1 atom stereocenters. The highest BCUT2D eigenvalue weighted by atomic mass is 79.9. The highest BCUT2D eigenvalue weighted by Crippen LogP contribution is 2.35. The quantitative estimate of drug-likeness (QED) is 0.883. The van der Waals surface area contributed by atoms with Gasteiger partial charge in [-0.3, -0.25) is 4.79 Å². The van der Waals surface area contributed by atoms with E-state index in [4.69, 9.17) is 0 Å². The van der Waals surface area contributed by atoms with Gasteiger partial charge >= 0.3 is 0 Å². The van der Waals surface area contributed by atoms with Crippen molar-refractivity contribution in [3.05, 3.63) is 28.2 Å². The summed E-state index contributed by atoms with van der Waals surface area (Å²) in [6.45, 7) is 4.55. The lowest BCUT2D eigenvalue weighted by Crippen LogP contribution is -2.39.